The second-order valence-corrected chi connectivity index (χ2v) is 9.28. The number of aromatic amines is 1. The molecule has 3 aromatic heterocycles. The third kappa shape index (κ3) is 3.06. The molecule has 3 fully saturated rings. The molecule has 0 amide bonds. The average Bonchev–Trinajstić information content (AvgIpc) is 3.08. The van der Waals surface area contributed by atoms with Gasteiger partial charge in [-0.05, 0) is 43.7 Å². The van der Waals surface area contributed by atoms with Crippen molar-refractivity contribution < 1.29 is 4.74 Å². The fraction of sp³-hybridized carbons (Fsp3) is 0.682. The zero-order chi connectivity index (χ0) is 19.4. The molecule has 3 aliphatic rings. The van der Waals surface area contributed by atoms with E-state index in [0.29, 0.717) is 23.9 Å². The Labute approximate surface area is 170 Å². The van der Waals surface area contributed by atoms with Gasteiger partial charge < -0.3 is 9.72 Å². The molecular weight excluding hydrogens is 364 g/mol. The molecule has 154 valence electrons. The van der Waals surface area contributed by atoms with Gasteiger partial charge in [0.2, 0.25) is 0 Å². The molecule has 3 aromatic rings. The zero-order valence-electron chi connectivity index (χ0n) is 17.1. The number of aromatic nitrogens is 5. The zero-order valence-corrected chi connectivity index (χ0v) is 17.1. The highest BCUT2D eigenvalue weighted by Gasteiger charge is 2.42. The monoisotopic (exact) mass is 394 g/mol. The standard InChI is InChI=1S/C22H30N6O/c1-2-15-9-16(27(17-12-29-13-17)8-6-14-3-4-14)10-18(15)22-26-25-20-11-24-21-19(28(20)22)5-7-23-21/h5,7,11,14-18,23H,2-4,6,8-10,12-13H2,1H3/t15-,16+,18+/m1/s1. The Kier molecular flexibility index (Phi) is 4.34. The van der Waals surface area contributed by atoms with Crippen molar-refractivity contribution in [1.29, 1.82) is 0 Å². The van der Waals surface area contributed by atoms with Crippen LogP contribution in [0.3, 0.4) is 0 Å². The van der Waals surface area contributed by atoms with Crippen LogP contribution in [0.2, 0.25) is 0 Å². The fourth-order valence-electron chi connectivity index (χ4n) is 5.59. The third-order valence-electron chi connectivity index (χ3n) is 7.54. The summed E-state index contributed by atoms with van der Waals surface area (Å²) in [7, 11) is 0. The highest BCUT2D eigenvalue weighted by atomic mass is 16.5. The molecule has 7 nitrogen and oxygen atoms in total. The van der Waals surface area contributed by atoms with E-state index < -0.39 is 0 Å². The maximum atomic E-state index is 5.57. The molecular formula is C22H30N6O. The Morgan fingerprint density at radius 2 is 2.10 bits per heavy atom. The van der Waals surface area contributed by atoms with Crippen LogP contribution in [0.4, 0.5) is 0 Å². The minimum Gasteiger partial charge on any atom is -0.378 e. The van der Waals surface area contributed by atoms with E-state index in [0.717, 1.165) is 41.8 Å². The van der Waals surface area contributed by atoms with Crippen molar-refractivity contribution in [3.63, 3.8) is 0 Å². The minimum absolute atomic E-state index is 0.449. The molecule has 1 N–H and O–H groups in total. The van der Waals surface area contributed by atoms with Crippen molar-refractivity contribution in [2.75, 3.05) is 19.8 Å². The summed E-state index contributed by atoms with van der Waals surface area (Å²) in [6.07, 6.45) is 11.6. The van der Waals surface area contributed by atoms with E-state index in [-0.39, 0.29) is 0 Å². The summed E-state index contributed by atoms with van der Waals surface area (Å²) in [5, 5.41) is 9.14. The Morgan fingerprint density at radius 3 is 2.86 bits per heavy atom. The van der Waals surface area contributed by atoms with Gasteiger partial charge in [0.1, 0.15) is 5.82 Å². The molecule has 4 heterocycles. The summed E-state index contributed by atoms with van der Waals surface area (Å²) in [6.45, 7) is 5.38. The van der Waals surface area contributed by atoms with Gasteiger partial charge in [0, 0.05) is 18.2 Å². The summed E-state index contributed by atoms with van der Waals surface area (Å²) in [5.74, 6) is 3.20. The predicted molar refractivity (Wildman–Crippen MR) is 111 cm³/mol. The van der Waals surface area contributed by atoms with Gasteiger partial charge >= 0.3 is 0 Å². The Balaban J connectivity index is 1.31. The number of ether oxygens (including phenoxy) is 1. The van der Waals surface area contributed by atoms with Crippen LogP contribution in [0.1, 0.15) is 57.2 Å². The lowest BCUT2D eigenvalue weighted by atomic mass is 9.93. The maximum Gasteiger partial charge on any atom is 0.179 e. The highest BCUT2D eigenvalue weighted by Crippen LogP contribution is 2.44. The van der Waals surface area contributed by atoms with E-state index in [1.54, 1.807) is 0 Å². The number of nitrogens with one attached hydrogen (secondary N) is 1. The van der Waals surface area contributed by atoms with Crippen molar-refractivity contribution in [3.8, 4) is 0 Å². The lowest BCUT2D eigenvalue weighted by Gasteiger charge is -2.41. The van der Waals surface area contributed by atoms with Crippen LogP contribution < -0.4 is 0 Å². The number of rotatable bonds is 7. The molecule has 6 rings (SSSR count). The first-order chi connectivity index (χ1) is 14.3. The number of nitrogens with zero attached hydrogens (tertiary/aromatic N) is 5. The van der Waals surface area contributed by atoms with Crippen molar-refractivity contribution in [1.82, 2.24) is 29.5 Å². The topological polar surface area (TPSA) is 71.3 Å². The second kappa shape index (κ2) is 7.06. The van der Waals surface area contributed by atoms with Gasteiger partial charge in [0.25, 0.3) is 0 Å². The number of hydrogen-bond acceptors (Lipinski definition) is 5. The van der Waals surface area contributed by atoms with Gasteiger partial charge in [-0.3, -0.25) is 9.30 Å². The molecule has 0 radical (unpaired) electrons. The summed E-state index contributed by atoms with van der Waals surface area (Å²) >= 11 is 0. The molecule has 29 heavy (non-hydrogen) atoms. The molecule has 0 unspecified atom stereocenters. The van der Waals surface area contributed by atoms with E-state index >= 15 is 0 Å². The molecule has 2 saturated carbocycles. The fourth-order valence-corrected chi connectivity index (χ4v) is 5.59. The first-order valence-corrected chi connectivity index (χ1v) is 11.3. The number of H-pyrrole nitrogens is 1. The third-order valence-corrected chi connectivity index (χ3v) is 7.54. The van der Waals surface area contributed by atoms with Crippen LogP contribution in [0, 0.1) is 11.8 Å². The van der Waals surface area contributed by atoms with Crippen LogP contribution in [0.25, 0.3) is 16.8 Å². The summed E-state index contributed by atoms with van der Waals surface area (Å²) in [6, 6.07) is 3.34. The molecule has 7 heteroatoms. The van der Waals surface area contributed by atoms with E-state index in [9.17, 15) is 0 Å². The van der Waals surface area contributed by atoms with Crippen LogP contribution in [0.15, 0.2) is 18.5 Å². The second-order valence-electron chi connectivity index (χ2n) is 9.28. The summed E-state index contributed by atoms with van der Waals surface area (Å²) < 4.78 is 7.80. The lowest BCUT2D eigenvalue weighted by Crippen LogP contribution is -2.53. The van der Waals surface area contributed by atoms with Gasteiger partial charge in [0.05, 0.1) is 31.0 Å². The summed E-state index contributed by atoms with van der Waals surface area (Å²) in [5.41, 5.74) is 2.83. The van der Waals surface area contributed by atoms with Crippen molar-refractivity contribution in [3.05, 3.63) is 24.3 Å². The number of hydrogen-bond donors (Lipinski definition) is 1. The van der Waals surface area contributed by atoms with Crippen molar-refractivity contribution in [2.45, 2.75) is 63.5 Å². The van der Waals surface area contributed by atoms with Gasteiger partial charge in [-0.1, -0.05) is 26.2 Å². The largest absolute Gasteiger partial charge is 0.378 e. The van der Waals surface area contributed by atoms with E-state index in [1.165, 1.54) is 45.1 Å². The lowest BCUT2D eigenvalue weighted by molar-refractivity contribution is -0.0798. The minimum atomic E-state index is 0.449. The van der Waals surface area contributed by atoms with E-state index in [1.807, 2.05) is 12.4 Å². The van der Waals surface area contributed by atoms with Crippen molar-refractivity contribution in [2.24, 2.45) is 11.8 Å². The SMILES string of the molecule is CC[C@@H]1C[C@H](N(CCC2CC2)C2COC2)C[C@@H]1c1nnc2cnc3[nH]ccc3n12. The molecule has 1 aliphatic heterocycles. The van der Waals surface area contributed by atoms with Crippen molar-refractivity contribution >= 4 is 16.8 Å². The molecule has 0 bridgehead atoms. The van der Waals surface area contributed by atoms with E-state index in [2.05, 4.69) is 42.5 Å². The number of fused-ring (bicyclic) bond motifs is 3. The van der Waals surface area contributed by atoms with E-state index in [4.69, 9.17) is 4.74 Å². The van der Waals surface area contributed by atoms with Crippen LogP contribution >= 0.6 is 0 Å². The Morgan fingerprint density at radius 1 is 1.21 bits per heavy atom. The summed E-state index contributed by atoms with van der Waals surface area (Å²) in [4.78, 5) is 10.5. The quantitative estimate of drug-likeness (QED) is 0.665. The molecule has 3 atom stereocenters. The average molecular weight is 395 g/mol. The van der Waals surface area contributed by atoms with Gasteiger partial charge in [-0.15, -0.1) is 10.2 Å². The van der Waals surface area contributed by atoms with Gasteiger partial charge in [-0.2, -0.15) is 0 Å². The Hall–Kier alpha value is -1.99. The van der Waals surface area contributed by atoms with Gasteiger partial charge in [0.15, 0.2) is 11.3 Å². The molecule has 1 saturated heterocycles. The first-order valence-electron chi connectivity index (χ1n) is 11.3. The first kappa shape index (κ1) is 17.8. The molecule has 0 aromatic carbocycles. The predicted octanol–water partition coefficient (Wildman–Crippen LogP) is 3.38. The van der Waals surface area contributed by atoms with Crippen LogP contribution in [0.5, 0.6) is 0 Å². The molecule has 2 aliphatic carbocycles. The maximum absolute atomic E-state index is 5.57. The van der Waals surface area contributed by atoms with Gasteiger partial charge in [-0.25, -0.2) is 4.98 Å². The highest BCUT2D eigenvalue weighted by molar-refractivity contribution is 5.74. The molecule has 0 spiro atoms. The van der Waals surface area contributed by atoms with Crippen LogP contribution in [-0.2, 0) is 4.74 Å². The normalized spacial score (nSPS) is 28.0. The smallest absolute Gasteiger partial charge is 0.179 e. The Bertz CT molecular complexity index is 1000. The van der Waals surface area contributed by atoms with Crippen LogP contribution in [-0.4, -0.2) is 61.3 Å².